The average molecular weight is 418 g/mol. The molecule has 8 heteroatoms. The maximum atomic E-state index is 12.7. The van der Waals surface area contributed by atoms with Crippen molar-refractivity contribution in [1.82, 2.24) is 0 Å². The van der Waals surface area contributed by atoms with E-state index in [4.69, 9.17) is 18.9 Å². The number of hydrogen-bond donors (Lipinski definition) is 3. The lowest BCUT2D eigenvalue weighted by Crippen LogP contribution is -2.38. The number of phenolic OH excluding ortho intramolecular Hbond substituents is 2. The van der Waals surface area contributed by atoms with Crippen LogP contribution in [0.1, 0.15) is 30.9 Å². The molecule has 2 aromatic carbocycles. The number of phenols is 2. The van der Waals surface area contributed by atoms with Gasteiger partial charge in [0.05, 0.1) is 40.0 Å². The van der Waals surface area contributed by atoms with Crippen LogP contribution in [0, 0.1) is 0 Å². The SMILES string of the molecule is COc1cc2c(c(OC)c1O)-c1c(cc(OC)c(O)c1OC)[C@@H](C(C)=O)[C@@](C)(O)C2. The van der Waals surface area contributed by atoms with Crippen LogP contribution in [0.3, 0.4) is 0 Å². The highest BCUT2D eigenvalue weighted by molar-refractivity contribution is 5.95. The molecule has 0 spiro atoms. The number of carbonyl (C=O) groups is 1. The second-order valence-electron chi connectivity index (χ2n) is 7.50. The molecular formula is C22H26O8. The van der Waals surface area contributed by atoms with Crippen molar-refractivity contribution in [2.24, 2.45) is 0 Å². The summed E-state index contributed by atoms with van der Waals surface area (Å²) in [4.78, 5) is 12.7. The fraction of sp³-hybridized carbons (Fsp3) is 0.409. The molecule has 1 aliphatic carbocycles. The van der Waals surface area contributed by atoms with Crippen molar-refractivity contribution in [3.8, 4) is 45.6 Å². The molecule has 0 bridgehead atoms. The number of aliphatic hydroxyl groups is 1. The molecule has 2 atom stereocenters. The second kappa shape index (κ2) is 7.60. The maximum Gasteiger partial charge on any atom is 0.201 e. The molecule has 1 aliphatic rings. The summed E-state index contributed by atoms with van der Waals surface area (Å²) in [6, 6.07) is 3.08. The normalized spacial score (nSPS) is 19.9. The fourth-order valence-corrected chi connectivity index (χ4v) is 4.41. The first kappa shape index (κ1) is 21.6. The molecule has 0 radical (unpaired) electrons. The van der Waals surface area contributed by atoms with Crippen LogP contribution in [0.5, 0.6) is 34.5 Å². The minimum atomic E-state index is -1.49. The fourth-order valence-electron chi connectivity index (χ4n) is 4.41. The Kier molecular flexibility index (Phi) is 5.47. The number of methoxy groups -OCH3 is 4. The van der Waals surface area contributed by atoms with Gasteiger partial charge in [0.25, 0.3) is 0 Å². The first-order valence-electron chi connectivity index (χ1n) is 9.30. The van der Waals surface area contributed by atoms with E-state index in [1.165, 1.54) is 41.4 Å². The number of fused-ring (bicyclic) bond motifs is 3. The lowest BCUT2D eigenvalue weighted by Gasteiger charge is -2.31. The van der Waals surface area contributed by atoms with Gasteiger partial charge in [-0.15, -0.1) is 0 Å². The van der Waals surface area contributed by atoms with Gasteiger partial charge in [0.1, 0.15) is 5.78 Å². The van der Waals surface area contributed by atoms with Crippen LogP contribution in [-0.4, -0.2) is 55.1 Å². The minimum absolute atomic E-state index is 0.0393. The largest absolute Gasteiger partial charge is 0.502 e. The Morgan fingerprint density at radius 2 is 1.43 bits per heavy atom. The summed E-state index contributed by atoms with van der Waals surface area (Å²) in [7, 11) is 5.54. The predicted octanol–water partition coefficient (Wildman–Crippen LogP) is 2.78. The molecule has 3 rings (SSSR count). The Bertz CT molecular complexity index is 1010. The quantitative estimate of drug-likeness (QED) is 0.679. The maximum absolute atomic E-state index is 12.7. The van der Waals surface area contributed by atoms with Gasteiger partial charge in [0.15, 0.2) is 23.0 Å². The van der Waals surface area contributed by atoms with E-state index in [0.29, 0.717) is 22.3 Å². The van der Waals surface area contributed by atoms with E-state index in [2.05, 4.69) is 0 Å². The average Bonchev–Trinajstić information content (AvgIpc) is 2.78. The van der Waals surface area contributed by atoms with E-state index >= 15 is 0 Å². The van der Waals surface area contributed by atoms with Crippen molar-refractivity contribution in [1.29, 1.82) is 0 Å². The molecule has 30 heavy (non-hydrogen) atoms. The number of ketones is 1. The summed E-state index contributed by atoms with van der Waals surface area (Å²) in [6.07, 6.45) is 0.0560. The van der Waals surface area contributed by atoms with Gasteiger partial charge in [-0.25, -0.2) is 0 Å². The van der Waals surface area contributed by atoms with E-state index in [-0.39, 0.29) is 46.7 Å². The predicted molar refractivity (Wildman–Crippen MR) is 109 cm³/mol. The van der Waals surface area contributed by atoms with Crippen LogP contribution in [0.2, 0.25) is 0 Å². The van der Waals surface area contributed by atoms with Crippen LogP contribution in [0.4, 0.5) is 0 Å². The van der Waals surface area contributed by atoms with E-state index in [0.717, 1.165) is 0 Å². The number of hydrogen-bond acceptors (Lipinski definition) is 8. The zero-order valence-corrected chi connectivity index (χ0v) is 17.8. The molecule has 2 aromatic rings. The van der Waals surface area contributed by atoms with Gasteiger partial charge in [-0.1, -0.05) is 0 Å². The zero-order chi connectivity index (χ0) is 22.4. The summed E-state index contributed by atoms with van der Waals surface area (Å²) in [6.45, 7) is 2.95. The Balaban J connectivity index is 2.60. The lowest BCUT2D eigenvalue weighted by molar-refractivity contribution is -0.124. The third-order valence-corrected chi connectivity index (χ3v) is 5.54. The van der Waals surface area contributed by atoms with Crippen molar-refractivity contribution in [2.75, 3.05) is 28.4 Å². The second-order valence-corrected chi connectivity index (χ2v) is 7.50. The molecular weight excluding hydrogens is 392 g/mol. The van der Waals surface area contributed by atoms with Gasteiger partial charge in [-0.3, -0.25) is 4.79 Å². The van der Waals surface area contributed by atoms with Gasteiger partial charge in [-0.2, -0.15) is 0 Å². The van der Waals surface area contributed by atoms with Crippen LogP contribution in [0.15, 0.2) is 12.1 Å². The third kappa shape index (κ3) is 3.08. The zero-order valence-electron chi connectivity index (χ0n) is 17.8. The number of ether oxygens (including phenoxy) is 4. The van der Waals surface area contributed by atoms with Crippen molar-refractivity contribution in [2.45, 2.75) is 31.8 Å². The standard InChI is InChI=1S/C22H26O8/c1-10(23)17-12-8-14(28-4)19(25)21(30-6)16(12)15-11(9-22(17,2)26)7-13(27-3)18(24)20(15)29-5/h7-8,17,24-26H,9H2,1-6H3/t17-,22+/m1/s1. The smallest absolute Gasteiger partial charge is 0.201 e. The van der Waals surface area contributed by atoms with Crippen LogP contribution in [-0.2, 0) is 11.2 Å². The number of rotatable bonds is 5. The summed E-state index contributed by atoms with van der Waals surface area (Å²) in [5, 5.41) is 32.8. The van der Waals surface area contributed by atoms with Gasteiger partial charge in [-0.05, 0) is 37.1 Å². The molecule has 0 unspecified atom stereocenters. The highest BCUT2D eigenvalue weighted by Gasteiger charge is 2.44. The topological polar surface area (TPSA) is 115 Å². The first-order valence-corrected chi connectivity index (χ1v) is 9.30. The van der Waals surface area contributed by atoms with Crippen LogP contribution in [0.25, 0.3) is 11.1 Å². The molecule has 162 valence electrons. The molecule has 0 aliphatic heterocycles. The van der Waals surface area contributed by atoms with E-state index in [1.807, 2.05) is 0 Å². The first-order chi connectivity index (χ1) is 14.1. The summed E-state index contributed by atoms with van der Waals surface area (Å²) in [5.74, 6) is -1.39. The van der Waals surface area contributed by atoms with Crippen molar-refractivity contribution < 1.29 is 39.1 Å². The molecule has 0 saturated heterocycles. The van der Waals surface area contributed by atoms with E-state index in [1.54, 1.807) is 13.0 Å². The summed E-state index contributed by atoms with van der Waals surface area (Å²) < 4.78 is 21.5. The summed E-state index contributed by atoms with van der Waals surface area (Å²) in [5.41, 5.74) is 0.175. The van der Waals surface area contributed by atoms with Gasteiger partial charge in [0.2, 0.25) is 11.5 Å². The molecule has 0 saturated carbocycles. The highest BCUT2D eigenvalue weighted by atomic mass is 16.5. The third-order valence-electron chi connectivity index (χ3n) is 5.54. The highest BCUT2D eigenvalue weighted by Crippen LogP contribution is 2.58. The lowest BCUT2D eigenvalue weighted by atomic mass is 9.78. The Morgan fingerprint density at radius 3 is 1.90 bits per heavy atom. The van der Waals surface area contributed by atoms with Gasteiger partial charge in [0, 0.05) is 17.5 Å². The monoisotopic (exact) mass is 418 g/mol. The molecule has 0 amide bonds. The van der Waals surface area contributed by atoms with Crippen molar-refractivity contribution in [3.63, 3.8) is 0 Å². The summed E-state index contributed by atoms with van der Waals surface area (Å²) >= 11 is 0. The van der Waals surface area contributed by atoms with E-state index < -0.39 is 11.5 Å². The number of Topliss-reactive ketones (excluding diaryl/α,β-unsaturated/α-hetero) is 1. The number of aromatic hydroxyl groups is 2. The number of benzene rings is 2. The van der Waals surface area contributed by atoms with Gasteiger partial charge >= 0.3 is 0 Å². The van der Waals surface area contributed by atoms with Crippen LogP contribution >= 0.6 is 0 Å². The molecule has 0 heterocycles. The minimum Gasteiger partial charge on any atom is -0.502 e. The van der Waals surface area contributed by atoms with Crippen molar-refractivity contribution >= 4 is 5.78 Å². The van der Waals surface area contributed by atoms with Crippen LogP contribution < -0.4 is 18.9 Å². The number of carbonyl (C=O) groups excluding carboxylic acids is 1. The molecule has 0 fully saturated rings. The Morgan fingerprint density at radius 1 is 0.933 bits per heavy atom. The molecule has 8 nitrogen and oxygen atoms in total. The van der Waals surface area contributed by atoms with Crippen molar-refractivity contribution in [3.05, 3.63) is 23.3 Å². The molecule has 3 N–H and O–H groups in total. The molecule has 0 aromatic heterocycles. The van der Waals surface area contributed by atoms with Gasteiger partial charge < -0.3 is 34.3 Å². The Hall–Kier alpha value is -3.13. The Labute approximate surface area is 174 Å². The van der Waals surface area contributed by atoms with E-state index in [9.17, 15) is 20.1 Å².